The van der Waals surface area contributed by atoms with E-state index in [-0.39, 0.29) is 5.91 Å². The van der Waals surface area contributed by atoms with E-state index in [0.29, 0.717) is 23.5 Å². The van der Waals surface area contributed by atoms with Crippen LogP contribution in [0, 0.1) is 13.8 Å². The molecule has 4 aromatic rings. The third-order valence-corrected chi connectivity index (χ3v) is 4.77. The number of anilines is 2. The number of nitrogens with two attached hydrogens (primary N) is 1. The molecule has 0 aliphatic heterocycles. The van der Waals surface area contributed by atoms with Crippen LogP contribution in [-0.4, -0.2) is 20.7 Å². The van der Waals surface area contributed by atoms with Gasteiger partial charge in [-0.3, -0.25) is 14.5 Å². The number of aromatic nitrogens is 3. The number of nitrogens with one attached hydrogen (secondary N) is 1. The average molecular weight is 371 g/mol. The lowest BCUT2D eigenvalue weighted by Crippen LogP contribution is -2.13. The molecule has 0 radical (unpaired) electrons. The summed E-state index contributed by atoms with van der Waals surface area (Å²) in [5.74, 6) is -0.203. The molecule has 0 saturated heterocycles. The highest BCUT2D eigenvalue weighted by Gasteiger charge is 2.11. The third kappa shape index (κ3) is 3.44. The van der Waals surface area contributed by atoms with Gasteiger partial charge in [0.25, 0.3) is 5.91 Å². The molecule has 3 N–H and O–H groups in total. The molecule has 2 heterocycles. The maximum absolute atomic E-state index is 12.6. The van der Waals surface area contributed by atoms with E-state index in [1.165, 1.54) is 0 Å². The number of hydrogen-bond donors (Lipinski definition) is 2. The Hall–Kier alpha value is -3.67. The van der Waals surface area contributed by atoms with Crippen molar-refractivity contribution in [2.75, 3.05) is 11.1 Å². The first-order chi connectivity index (χ1) is 13.5. The molecule has 0 bridgehead atoms. The standard InChI is InChI=1S/C22H21N5O/c1-14-7-8-17(15(2)25-14)13-27-21-10-9-16(11-18(21)12-24-27)22(28)26-20-6-4-3-5-19(20)23/h3-12H,13,23H2,1-2H3,(H,26,28). The van der Waals surface area contributed by atoms with Crippen LogP contribution in [0.15, 0.2) is 60.8 Å². The Morgan fingerprint density at radius 2 is 1.93 bits per heavy atom. The number of nitrogen functional groups attached to an aromatic ring is 1. The number of amides is 1. The lowest BCUT2D eigenvalue weighted by atomic mass is 10.1. The molecule has 0 unspecified atom stereocenters. The molecule has 0 aliphatic carbocycles. The molecule has 0 fully saturated rings. The highest BCUT2D eigenvalue weighted by molar-refractivity contribution is 6.07. The molecule has 6 nitrogen and oxygen atoms in total. The second-order valence-corrected chi connectivity index (χ2v) is 6.81. The minimum atomic E-state index is -0.203. The summed E-state index contributed by atoms with van der Waals surface area (Å²) in [6.07, 6.45) is 1.78. The molecular weight excluding hydrogens is 350 g/mol. The van der Waals surface area contributed by atoms with Gasteiger partial charge in [-0.15, -0.1) is 0 Å². The van der Waals surface area contributed by atoms with Gasteiger partial charge in [0.05, 0.1) is 29.6 Å². The fourth-order valence-electron chi connectivity index (χ4n) is 3.20. The minimum Gasteiger partial charge on any atom is -0.397 e. The van der Waals surface area contributed by atoms with Crippen LogP contribution in [-0.2, 0) is 6.54 Å². The summed E-state index contributed by atoms with van der Waals surface area (Å²) in [5.41, 5.74) is 11.7. The number of hydrogen-bond acceptors (Lipinski definition) is 4. The first-order valence-electron chi connectivity index (χ1n) is 9.06. The van der Waals surface area contributed by atoms with E-state index in [9.17, 15) is 4.79 Å². The predicted molar refractivity (Wildman–Crippen MR) is 111 cm³/mol. The summed E-state index contributed by atoms with van der Waals surface area (Å²) in [5, 5.41) is 8.25. The Balaban J connectivity index is 1.59. The molecule has 2 aromatic heterocycles. The molecule has 0 aliphatic rings. The molecule has 4 rings (SSSR count). The van der Waals surface area contributed by atoms with Crippen LogP contribution in [0.3, 0.4) is 0 Å². The number of rotatable bonds is 4. The normalized spacial score (nSPS) is 10.9. The number of nitrogens with zero attached hydrogens (tertiary/aromatic N) is 3. The third-order valence-electron chi connectivity index (χ3n) is 4.77. The topological polar surface area (TPSA) is 85.8 Å². The molecule has 28 heavy (non-hydrogen) atoms. The van der Waals surface area contributed by atoms with Gasteiger partial charge in [0.2, 0.25) is 0 Å². The summed E-state index contributed by atoms with van der Waals surface area (Å²) in [4.78, 5) is 17.1. The van der Waals surface area contributed by atoms with Crippen molar-refractivity contribution in [2.24, 2.45) is 0 Å². The van der Waals surface area contributed by atoms with Crippen molar-refractivity contribution in [3.05, 3.63) is 83.3 Å². The van der Waals surface area contributed by atoms with Crippen LogP contribution in [0.2, 0.25) is 0 Å². The van der Waals surface area contributed by atoms with E-state index >= 15 is 0 Å². The Kier molecular flexibility index (Phi) is 4.53. The molecule has 140 valence electrons. The number of pyridine rings is 1. The monoisotopic (exact) mass is 371 g/mol. The van der Waals surface area contributed by atoms with Gasteiger partial charge in [-0.05, 0) is 55.8 Å². The van der Waals surface area contributed by atoms with Gasteiger partial charge in [0.1, 0.15) is 0 Å². The largest absolute Gasteiger partial charge is 0.397 e. The predicted octanol–water partition coefficient (Wildman–Crippen LogP) is 3.93. The molecule has 6 heteroatoms. The van der Waals surface area contributed by atoms with Crippen LogP contribution < -0.4 is 11.1 Å². The molecule has 0 spiro atoms. The van der Waals surface area contributed by atoms with Crippen molar-refractivity contribution < 1.29 is 4.79 Å². The Morgan fingerprint density at radius 3 is 2.71 bits per heavy atom. The maximum Gasteiger partial charge on any atom is 0.255 e. The maximum atomic E-state index is 12.6. The van der Waals surface area contributed by atoms with Crippen molar-refractivity contribution >= 4 is 28.2 Å². The first-order valence-corrected chi connectivity index (χ1v) is 9.06. The van der Waals surface area contributed by atoms with Crippen molar-refractivity contribution in [1.29, 1.82) is 0 Å². The molecule has 1 amide bonds. The second kappa shape index (κ2) is 7.15. The quantitative estimate of drug-likeness (QED) is 0.532. The van der Waals surface area contributed by atoms with Crippen LogP contribution in [0.5, 0.6) is 0 Å². The van der Waals surface area contributed by atoms with E-state index in [1.54, 1.807) is 24.4 Å². The van der Waals surface area contributed by atoms with Crippen LogP contribution in [0.4, 0.5) is 11.4 Å². The summed E-state index contributed by atoms with van der Waals surface area (Å²) >= 11 is 0. The smallest absolute Gasteiger partial charge is 0.255 e. The van der Waals surface area contributed by atoms with E-state index in [1.807, 2.05) is 48.9 Å². The summed E-state index contributed by atoms with van der Waals surface area (Å²) in [6, 6.07) is 16.8. The molecule has 0 atom stereocenters. The highest BCUT2D eigenvalue weighted by Crippen LogP contribution is 2.21. The summed E-state index contributed by atoms with van der Waals surface area (Å²) in [7, 11) is 0. The highest BCUT2D eigenvalue weighted by atomic mass is 16.1. The number of carbonyl (C=O) groups excluding carboxylic acids is 1. The number of para-hydroxylation sites is 2. The lowest BCUT2D eigenvalue weighted by molar-refractivity contribution is 0.102. The zero-order valence-corrected chi connectivity index (χ0v) is 15.8. The van der Waals surface area contributed by atoms with Crippen LogP contribution >= 0.6 is 0 Å². The lowest BCUT2D eigenvalue weighted by Gasteiger charge is -2.09. The van der Waals surface area contributed by atoms with E-state index in [4.69, 9.17) is 5.73 Å². The fraction of sp³-hybridized carbons (Fsp3) is 0.136. The van der Waals surface area contributed by atoms with Gasteiger partial charge < -0.3 is 11.1 Å². The second-order valence-electron chi connectivity index (χ2n) is 6.81. The van der Waals surface area contributed by atoms with Crippen LogP contribution in [0.1, 0.15) is 27.3 Å². The van der Waals surface area contributed by atoms with Gasteiger partial charge in [0.15, 0.2) is 0 Å². The fourth-order valence-corrected chi connectivity index (χ4v) is 3.20. The van der Waals surface area contributed by atoms with Gasteiger partial charge in [-0.2, -0.15) is 5.10 Å². The number of benzene rings is 2. The van der Waals surface area contributed by atoms with E-state index in [0.717, 1.165) is 27.9 Å². The van der Waals surface area contributed by atoms with Crippen LogP contribution in [0.25, 0.3) is 10.9 Å². The summed E-state index contributed by atoms with van der Waals surface area (Å²) < 4.78 is 1.92. The number of fused-ring (bicyclic) bond motifs is 1. The van der Waals surface area contributed by atoms with Crippen molar-refractivity contribution in [2.45, 2.75) is 20.4 Å². The SMILES string of the molecule is Cc1ccc(Cn2ncc3cc(C(=O)Nc4ccccc4N)ccc32)c(C)n1. The number of aryl methyl sites for hydroxylation is 2. The molecule has 2 aromatic carbocycles. The van der Waals surface area contributed by atoms with Crippen molar-refractivity contribution in [1.82, 2.24) is 14.8 Å². The van der Waals surface area contributed by atoms with Gasteiger partial charge in [-0.1, -0.05) is 18.2 Å². The number of carbonyl (C=O) groups is 1. The first kappa shape index (κ1) is 17.7. The minimum absolute atomic E-state index is 0.203. The Labute approximate surface area is 163 Å². The Bertz CT molecular complexity index is 1180. The van der Waals surface area contributed by atoms with Gasteiger partial charge in [-0.25, -0.2) is 0 Å². The zero-order valence-electron chi connectivity index (χ0n) is 15.8. The summed E-state index contributed by atoms with van der Waals surface area (Å²) in [6.45, 7) is 4.62. The van der Waals surface area contributed by atoms with Gasteiger partial charge in [0, 0.05) is 22.3 Å². The Morgan fingerprint density at radius 1 is 1.11 bits per heavy atom. The van der Waals surface area contributed by atoms with E-state index < -0.39 is 0 Å². The van der Waals surface area contributed by atoms with E-state index in [2.05, 4.69) is 21.5 Å². The van der Waals surface area contributed by atoms with Gasteiger partial charge >= 0.3 is 0 Å². The molecular formula is C22H21N5O. The zero-order chi connectivity index (χ0) is 19.7. The average Bonchev–Trinajstić information content (AvgIpc) is 3.08. The van der Waals surface area contributed by atoms with Crippen molar-refractivity contribution in [3.8, 4) is 0 Å². The van der Waals surface area contributed by atoms with Crippen molar-refractivity contribution in [3.63, 3.8) is 0 Å². The molecule has 0 saturated carbocycles.